The van der Waals surface area contributed by atoms with Gasteiger partial charge in [-0.1, -0.05) is 41.7 Å². The maximum absolute atomic E-state index is 14.1. The van der Waals surface area contributed by atoms with Crippen LogP contribution in [-0.2, 0) is 4.79 Å². The minimum atomic E-state index is -0.707. The fraction of sp³-hybridized carbons (Fsp3) is 0.233. The largest absolute Gasteiger partial charge is 0.496 e. The summed E-state index contributed by atoms with van der Waals surface area (Å²) in [5, 5.41) is 1.87. The molecule has 0 saturated heterocycles. The third kappa shape index (κ3) is 4.38. The Labute approximate surface area is 229 Å². The molecule has 3 aromatic carbocycles. The van der Waals surface area contributed by atoms with Crippen molar-refractivity contribution in [3.63, 3.8) is 0 Å². The molecule has 0 aliphatic carbocycles. The van der Waals surface area contributed by atoms with Gasteiger partial charge < -0.3 is 18.9 Å². The number of thiazole rings is 1. The van der Waals surface area contributed by atoms with E-state index in [1.54, 1.807) is 51.0 Å². The van der Waals surface area contributed by atoms with E-state index in [0.717, 1.165) is 16.3 Å². The Morgan fingerprint density at radius 2 is 1.62 bits per heavy atom. The average molecular weight is 545 g/mol. The minimum Gasteiger partial charge on any atom is -0.496 e. The standard InChI is InChI=1S/C30H28N2O6S/c1-16-25(17(2)33)27(26-20-10-8-7-9-19(20)11-12-21(26)35-3)32-29(34)24(39-30(32)31-16)15-18-13-22(36-4)28(38-6)23(14-18)37-5/h7-15,27H,1-6H3/b24-15+. The van der Waals surface area contributed by atoms with Crippen LogP contribution >= 0.6 is 11.3 Å². The highest BCUT2D eigenvalue weighted by Gasteiger charge is 2.33. The van der Waals surface area contributed by atoms with Gasteiger partial charge in [-0.05, 0) is 54.5 Å². The number of carbonyl (C=O) groups excluding carboxylic acids is 1. The summed E-state index contributed by atoms with van der Waals surface area (Å²) in [7, 11) is 6.21. The van der Waals surface area contributed by atoms with Gasteiger partial charge in [0, 0.05) is 16.8 Å². The van der Waals surface area contributed by atoms with E-state index in [2.05, 4.69) is 4.99 Å². The van der Waals surface area contributed by atoms with Crippen molar-refractivity contribution in [2.75, 3.05) is 28.4 Å². The van der Waals surface area contributed by atoms with Crippen LogP contribution in [0.5, 0.6) is 23.0 Å². The molecule has 5 rings (SSSR count). The molecule has 1 unspecified atom stereocenters. The quantitative estimate of drug-likeness (QED) is 0.349. The van der Waals surface area contributed by atoms with Gasteiger partial charge in [-0.25, -0.2) is 4.99 Å². The second-order valence-corrected chi connectivity index (χ2v) is 10.0. The Morgan fingerprint density at radius 1 is 0.949 bits per heavy atom. The van der Waals surface area contributed by atoms with E-state index in [4.69, 9.17) is 18.9 Å². The van der Waals surface area contributed by atoms with Crippen molar-refractivity contribution in [2.24, 2.45) is 4.99 Å². The lowest BCUT2D eigenvalue weighted by Crippen LogP contribution is -2.39. The van der Waals surface area contributed by atoms with E-state index in [1.807, 2.05) is 36.4 Å². The molecule has 0 amide bonds. The van der Waals surface area contributed by atoms with Crippen molar-refractivity contribution >= 4 is 34.0 Å². The van der Waals surface area contributed by atoms with Crippen LogP contribution in [0.3, 0.4) is 0 Å². The minimum absolute atomic E-state index is 0.157. The topological polar surface area (TPSA) is 88.4 Å². The number of benzene rings is 3. The molecule has 0 spiro atoms. The number of allylic oxidation sites excluding steroid dienone is 2. The maximum atomic E-state index is 14.1. The Hall–Kier alpha value is -4.37. The molecular weight excluding hydrogens is 516 g/mol. The van der Waals surface area contributed by atoms with E-state index in [0.29, 0.717) is 49.2 Å². The number of fused-ring (bicyclic) bond motifs is 2. The predicted molar refractivity (Wildman–Crippen MR) is 151 cm³/mol. The molecule has 0 fully saturated rings. The van der Waals surface area contributed by atoms with E-state index >= 15 is 0 Å². The summed E-state index contributed by atoms with van der Waals surface area (Å²) in [5.74, 6) is 1.85. The van der Waals surface area contributed by atoms with Gasteiger partial charge in [-0.3, -0.25) is 14.2 Å². The fourth-order valence-corrected chi connectivity index (χ4v) is 6.16. The van der Waals surface area contributed by atoms with Gasteiger partial charge >= 0.3 is 0 Å². The van der Waals surface area contributed by atoms with E-state index in [9.17, 15) is 9.59 Å². The fourth-order valence-electron chi connectivity index (χ4n) is 5.12. The zero-order valence-electron chi connectivity index (χ0n) is 22.5. The van der Waals surface area contributed by atoms with E-state index < -0.39 is 6.04 Å². The molecule has 200 valence electrons. The van der Waals surface area contributed by atoms with Gasteiger partial charge in [-0.15, -0.1) is 0 Å². The number of ketones is 1. The number of aromatic nitrogens is 1. The SMILES string of the molecule is COc1cc(/C=c2/sc3n(c2=O)C(c2c(OC)ccc4ccccc24)C(C(C)=O)=C(C)N=3)cc(OC)c1OC. The summed E-state index contributed by atoms with van der Waals surface area (Å²) in [4.78, 5) is 32.3. The molecule has 2 heterocycles. The summed E-state index contributed by atoms with van der Waals surface area (Å²) < 4.78 is 24.2. The number of hydrogen-bond donors (Lipinski definition) is 0. The molecule has 0 radical (unpaired) electrons. The first-order valence-electron chi connectivity index (χ1n) is 12.2. The highest BCUT2D eigenvalue weighted by atomic mass is 32.1. The van der Waals surface area contributed by atoms with Crippen molar-refractivity contribution in [3.8, 4) is 23.0 Å². The molecule has 39 heavy (non-hydrogen) atoms. The molecule has 0 saturated carbocycles. The Kier molecular flexibility index (Phi) is 7.01. The third-order valence-electron chi connectivity index (χ3n) is 6.81. The van der Waals surface area contributed by atoms with Gasteiger partial charge in [0.15, 0.2) is 22.1 Å². The van der Waals surface area contributed by atoms with Crippen LogP contribution in [0.1, 0.15) is 31.0 Å². The summed E-state index contributed by atoms with van der Waals surface area (Å²) in [6, 6.07) is 14.5. The van der Waals surface area contributed by atoms with Gasteiger partial charge in [0.1, 0.15) is 5.75 Å². The first-order chi connectivity index (χ1) is 18.8. The Balaban J connectivity index is 1.82. The summed E-state index contributed by atoms with van der Waals surface area (Å²) in [5.41, 5.74) is 2.20. The van der Waals surface area contributed by atoms with Crippen LogP contribution in [0.25, 0.3) is 16.8 Å². The zero-order valence-corrected chi connectivity index (χ0v) is 23.3. The average Bonchev–Trinajstić information content (AvgIpc) is 3.24. The number of hydrogen-bond acceptors (Lipinski definition) is 8. The van der Waals surface area contributed by atoms with Crippen molar-refractivity contribution in [1.29, 1.82) is 0 Å². The van der Waals surface area contributed by atoms with Gasteiger partial charge in [0.2, 0.25) is 5.75 Å². The zero-order chi connectivity index (χ0) is 27.8. The van der Waals surface area contributed by atoms with Crippen LogP contribution in [0, 0.1) is 0 Å². The molecule has 1 aliphatic heterocycles. The molecule has 0 N–H and O–H groups in total. The monoisotopic (exact) mass is 544 g/mol. The lowest BCUT2D eigenvalue weighted by Gasteiger charge is -2.27. The highest BCUT2D eigenvalue weighted by Crippen LogP contribution is 2.40. The number of methoxy groups -OCH3 is 4. The molecular formula is C30H28N2O6S. The maximum Gasteiger partial charge on any atom is 0.271 e. The second kappa shape index (κ2) is 10.4. The van der Waals surface area contributed by atoms with Crippen LogP contribution in [-0.4, -0.2) is 38.8 Å². The van der Waals surface area contributed by atoms with Crippen molar-refractivity contribution in [3.05, 3.63) is 90.6 Å². The summed E-state index contributed by atoms with van der Waals surface area (Å²) >= 11 is 1.26. The van der Waals surface area contributed by atoms with E-state index in [-0.39, 0.29) is 11.3 Å². The van der Waals surface area contributed by atoms with Gasteiger partial charge in [0.25, 0.3) is 5.56 Å². The Bertz CT molecular complexity index is 1810. The normalized spacial score (nSPS) is 15.1. The molecule has 9 heteroatoms. The van der Waals surface area contributed by atoms with Crippen LogP contribution in [0.2, 0.25) is 0 Å². The number of ether oxygens (including phenoxy) is 4. The molecule has 8 nitrogen and oxygen atoms in total. The molecule has 1 aliphatic rings. The molecule has 1 aromatic heterocycles. The van der Waals surface area contributed by atoms with Crippen LogP contribution in [0.15, 0.2) is 69.6 Å². The van der Waals surface area contributed by atoms with Gasteiger partial charge in [-0.2, -0.15) is 0 Å². The second-order valence-electron chi connectivity index (χ2n) is 9.00. The van der Waals surface area contributed by atoms with Crippen LogP contribution in [0.4, 0.5) is 0 Å². The lowest BCUT2D eigenvalue weighted by molar-refractivity contribution is -0.114. The summed E-state index contributed by atoms with van der Waals surface area (Å²) in [6.07, 6.45) is 1.76. The number of Topliss-reactive ketones (excluding diaryl/α,β-unsaturated/α-hetero) is 1. The van der Waals surface area contributed by atoms with Crippen molar-refractivity contribution < 1.29 is 23.7 Å². The van der Waals surface area contributed by atoms with Gasteiger partial charge in [0.05, 0.1) is 39.0 Å². The summed E-state index contributed by atoms with van der Waals surface area (Å²) in [6.45, 7) is 3.31. The molecule has 1 atom stereocenters. The number of carbonyl (C=O) groups is 1. The van der Waals surface area contributed by atoms with Crippen LogP contribution < -0.4 is 33.8 Å². The van der Waals surface area contributed by atoms with Crippen molar-refractivity contribution in [2.45, 2.75) is 19.9 Å². The first-order valence-corrected chi connectivity index (χ1v) is 13.0. The third-order valence-corrected chi connectivity index (χ3v) is 7.79. The molecule has 4 aromatic rings. The smallest absolute Gasteiger partial charge is 0.271 e. The first kappa shape index (κ1) is 26.2. The van der Waals surface area contributed by atoms with E-state index in [1.165, 1.54) is 25.4 Å². The lowest BCUT2D eigenvalue weighted by atomic mass is 9.89. The Morgan fingerprint density at radius 3 is 2.23 bits per heavy atom. The highest BCUT2D eigenvalue weighted by molar-refractivity contribution is 7.07. The van der Waals surface area contributed by atoms with Crippen molar-refractivity contribution in [1.82, 2.24) is 4.57 Å². The number of nitrogens with zero attached hydrogens (tertiary/aromatic N) is 2. The molecule has 0 bridgehead atoms. The number of rotatable bonds is 7. The predicted octanol–water partition coefficient (Wildman–Crippen LogP) is 4.01.